The fraction of sp³-hybridized carbons (Fsp3) is 0.208. The number of halogens is 1. The Morgan fingerprint density at radius 1 is 0.966 bits per heavy atom. The summed E-state index contributed by atoms with van der Waals surface area (Å²) < 4.78 is 25.5. The van der Waals surface area contributed by atoms with Gasteiger partial charge < -0.3 is 14.6 Å². The minimum Gasteiger partial charge on any atom is -0.497 e. The van der Waals surface area contributed by atoms with Crippen LogP contribution in [0, 0.1) is 5.82 Å². The van der Waals surface area contributed by atoms with Gasteiger partial charge in [0.15, 0.2) is 0 Å². The van der Waals surface area contributed by atoms with E-state index in [9.17, 15) is 9.18 Å². The molecule has 0 saturated carbocycles. The molecule has 150 valence electrons. The van der Waals surface area contributed by atoms with Gasteiger partial charge >= 0.3 is 5.97 Å². The van der Waals surface area contributed by atoms with Crippen molar-refractivity contribution in [2.45, 2.75) is 25.9 Å². The molecular weight excluding hydrogens is 371 g/mol. The molecule has 29 heavy (non-hydrogen) atoms. The van der Waals surface area contributed by atoms with E-state index < -0.39 is 5.97 Å². The molecule has 0 saturated heterocycles. The number of hydrogen-bond donors (Lipinski definition) is 1. The lowest BCUT2D eigenvalue weighted by Crippen LogP contribution is -2.01. The zero-order valence-electron chi connectivity index (χ0n) is 16.2. The van der Waals surface area contributed by atoms with Gasteiger partial charge in [-0.25, -0.2) is 4.39 Å². The van der Waals surface area contributed by atoms with E-state index in [1.54, 1.807) is 13.2 Å². The highest BCUT2D eigenvalue weighted by Crippen LogP contribution is 2.28. The molecule has 0 aliphatic rings. The van der Waals surface area contributed by atoms with Crippen LogP contribution in [0.25, 0.3) is 11.1 Å². The number of methoxy groups -OCH3 is 1. The average Bonchev–Trinajstić information content (AvgIpc) is 2.73. The molecule has 0 aliphatic heterocycles. The molecule has 3 aromatic carbocycles. The first-order valence-corrected chi connectivity index (χ1v) is 9.42. The predicted octanol–water partition coefficient (Wildman–Crippen LogP) is 5.49. The lowest BCUT2D eigenvalue weighted by molar-refractivity contribution is -0.137. The third-order valence-electron chi connectivity index (χ3n) is 4.68. The van der Waals surface area contributed by atoms with E-state index in [1.807, 2.05) is 54.6 Å². The van der Waals surface area contributed by atoms with E-state index in [1.165, 1.54) is 6.07 Å². The van der Waals surface area contributed by atoms with E-state index in [0.717, 1.165) is 22.4 Å². The maximum atomic E-state index is 14.5. The highest BCUT2D eigenvalue weighted by Gasteiger charge is 2.11. The van der Waals surface area contributed by atoms with Crippen molar-refractivity contribution >= 4 is 5.97 Å². The van der Waals surface area contributed by atoms with Crippen LogP contribution in [-0.4, -0.2) is 18.2 Å². The van der Waals surface area contributed by atoms with Crippen molar-refractivity contribution in [1.82, 2.24) is 0 Å². The molecule has 0 atom stereocenters. The molecule has 0 fully saturated rings. The number of aliphatic carboxylic acids is 1. The van der Waals surface area contributed by atoms with Gasteiger partial charge in [-0.1, -0.05) is 36.4 Å². The molecule has 3 aromatic rings. The summed E-state index contributed by atoms with van der Waals surface area (Å²) in [5, 5.41) is 8.71. The van der Waals surface area contributed by atoms with Crippen LogP contribution in [0.3, 0.4) is 0 Å². The third kappa shape index (κ3) is 5.57. The van der Waals surface area contributed by atoms with Crippen LogP contribution in [0.5, 0.6) is 11.5 Å². The number of carboxylic acid groups (broad SMARTS) is 1. The summed E-state index contributed by atoms with van der Waals surface area (Å²) in [7, 11) is 1.61. The number of rotatable bonds is 9. The number of carboxylic acids is 1. The second kappa shape index (κ2) is 9.73. The molecule has 1 N–H and O–H groups in total. The van der Waals surface area contributed by atoms with Gasteiger partial charge in [0.2, 0.25) is 0 Å². The molecule has 4 nitrogen and oxygen atoms in total. The highest BCUT2D eigenvalue weighted by atomic mass is 19.1. The van der Waals surface area contributed by atoms with Crippen LogP contribution in [0.2, 0.25) is 0 Å². The summed E-state index contributed by atoms with van der Waals surface area (Å²) in [4.78, 5) is 10.6. The molecular formula is C24H23FO4. The van der Waals surface area contributed by atoms with E-state index in [2.05, 4.69) is 0 Å². The SMILES string of the molecule is COc1ccc(-c2cccc(F)c2COc2ccc(CCCC(=O)O)cc2)cc1. The summed E-state index contributed by atoms with van der Waals surface area (Å²) in [6, 6.07) is 19.9. The first kappa shape index (κ1) is 20.4. The van der Waals surface area contributed by atoms with Crippen molar-refractivity contribution in [3.63, 3.8) is 0 Å². The van der Waals surface area contributed by atoms with E-state index in [-0.39, 0.29) is 18.8 Å². The fourth-order valence-electron chi connectivity index (χ4n) is 3.10. The molecule has 0 radical (unpaired) electrons. The smallest absolute Gasteiger partial charge is 0.303 e. The van der Waals surface area contributed by atoms with Crippen molar-refractivity contribution in [1.29, 1.82) is 0 Å². The average molecular weight is 394 g/mol. The Morgan fingerprint density at radius 3 is 2.31 bits per heavy atom. The van der Waals surface area contributed by atoms with Crippen LogP contribution in [0.4, 0.5) is 4.39 Å². The van der Waals surface area contributed by atoms with Gasteiger partial charge in [0.05, 0.1) is 7.11 Å². The van der Waals surface area contributed by atoms with Crippen molar-refractivity contribution in [2.75, 3.05) is 7.11 Å². The molecule has 0 aliphatic carbocycles. The second-order valence-corrected chi connectivity index (χ2v) is 6.67. The minimum absolute atomic E-state index is 0.104. The van der Waals surface area contributed by atoms with Gasteiger partial charge in [-0.3, -0.25) is 4.79 Å². The van der Waals surface area contributed by atoms with Crippen molar-refractivity contribution < 1.29 is 23.8 Å². The Morgan fingerprint density at radius 2 is 1.66 bits per heavy atom. The summed E-state index contributed by atoms with van der Waals surface area (Å²) in [5.74, 6) is 0.272. The maximum absolute atomic E-state index is 14.5. The molecule has 5 heteroatoms. The maximum Gasteiger partial charge on any atom is 0.303 e. The summed E-state index contributed by atoms with van der Waals surface area (Å²) >= 11 is 0. The molecule has 0 bridgehead atoms. The molecule has 0 amide bonds. The van der Waals surface area contributed by atoms with Gasteiger partial charge in [0.25, 0.3) is 0 Å². The monoisotopic (exact) mass is 394 g/mol. The van der Waals surface area contributed by atoms with Crippen LogP contribution in [0.1, 0.15) is 24.0 Å². The first-order valence-electron chi connectivity index (χ1n) is 9.42. The minimum atomic E-state index is -0.789. The van der Waals surface area contributed by atoms with E-state index >= 15 is 0 Å². The van der Waals surface area contributed by atoms with Gasteiger partial charge in [0, 0.05) is 12.0 Å². The third-order valence-corrected chi connectivity index (χ3v) is 4.68. The van der Waals surface area contributed by atoms with Crippen LogP contribution in [0.15, 0.2) is 66.7 Å². The molecule has 0 aromatic heterocycles. The van der Waals surface area contributed by atoms with Crippen LogP contribution in [-0.2, 0) is 17.8 Å². The Hall–Kier alpha value is -3.34. The van der Waals surface area contributed by atoms with Gasteiger partial charge in [-0.05, 0) is 59.9 Å². The predicted molar refractivity (Wildman–Crippen MR) is 110 cm³/mol. The molecule has 0 heterocycles. The summed E-state index contributed by atoms with van der Waals surface area (Å²) in [6.45, 7) is 0.104. The fourth-order valence-corrected chi connectivity index (χ4v) is 3.10. The first-order chi connectivity index (χ1) is 14.1. The van der Waals surface area contributed by atoms with Gasteiger partial charge in [0.1, 0.15) is 23.9 Å². The largest absolute Gasteiger partial charge is 0.497 e. The second-order valence-electron chi connectivity index (χ2n) is 6.67. The number of hydrogen-bond acceptors (Lipinski definition) is 3. The van der Waals surface area contributed by atoms with Gasteiger partial charge in [-0.2, -0.15) is 0 Å². The van der Waals surface area contributed by atoms with E-state index in [4.69, 9.17) is 14.6 Å². The van der Waals surface area contributed by atoms with Gasteiger partial charge in [-0.15, -0.1) is 0 Å². The number of benzene rings is 3. The standard InChI is InChI=1S/C24H23FO4/c1-28-19-14-10-18(11-15-19)21-5-3-6-23(25)22(21)16-29-20-12-8-17(9-13-20)4-2-7-24(26)27/h3,5-6,8-15H,2,4,7,16H2,1H3,(H,26,27). The molecule has 0 spiro atoms. The lowest BCUT2D eigenvalue weighted by atomic mass is 9.99. The van der Waals surface area contributed by atoms with Crippen molar-refractivity contribution in [2.24, 2.45) is 0 Å². The van der Waals surface area contributed by atoms with Crippen LogP contribution >= 0.6 is 0 Å². The van der Waals surface area contributed by atoms with E-state index in [0.29, 0.717) is 24.2 Å². The zero-order valence-corrected chi connectivity index (χ0v) is 16.2. The molecule has 0 unspecified atom stereocenters. The zero-order chi connectivity index (χ0) is 20.6. The normalized spacial score (nSPS) is 10.6. The highest BCUT2D eigenvalue weighted by molar-refractivity contribution is 5.68. The quantitative estimate of drug-likeness (QED) is 0.522. The number of carbonyl (C=O) groups is 1. The lowest BCUT2D eigenvalue weighted by Gasteiger charge is -2.13. The molecule has 3 rings (SSSR count). The summed E-state index contributed by atoms with van der Waals surface area (Å²) in [5.41, 5.74) is 3.20. The Bertz CT molecular complexity index is 950. The van der Waals surface area contributed by atoms with Crippen molar-refractivity contribution in [3.05, 3.63) is 83.7 Å². The number of aryl methyl sites for hydroxylation is 1. The number of ether oxygens (including phenoxy) is 2. The van der Waals surface area contributed by atoms with Crippen molar-refractivity contribution in [3.8, 4) is 22.6 Å². The topological polar surface area (TPSA) is 55.8 Å². The summed E-state index contributed by atoms with van der Waals surface area (Å²) in [6.07, 6.45) is 1.44. The Kier molecular flexibility index (Phi) is 6.85. The van der Waals surface area contributed by atoms with Crippen LogP contribution < -0.4 is 9.47 Å². The Balaban J connectivity index is 1.69. The Labute approximate surface area is 169 Å².